The molecule has 4 nitrogen and oxygen atoms in total. The van der Waals surface area contributed by atoms with E-state index in [0.29, 0.717) is 5.75 Å². The van der Waals surface area contributed by atoms with Gasteiger partial charge in [-0.25, -0.2) is 4.79 Å². The van der Waals surface area contributed by atoms with Gasteiger partial charge < -0.3 is 14.2 Å². The lowest BCUT2D eigenvalue weighted by atomic mass is 10.3. The molecule has 0 aliphatic heterocycles. The van der Waals surface area contributed by atoms with E-state index in [-0.39, 0.29) is 12.4 Å². The smallest absolute Gasteiger partial charge is 0.381 e. The molecular weight excluding hydrogens is 215 g/mol. The number of ether oxygens (including phenoxy) is 3. The Morgan fingerprint density at radius 1 is 1.31 bits per heavy atom. The number of halogens is 1. The highest BCUT2D eigenvalue weighted by Crippen LogP contribution is 2.18. The van der Waals surface area contributed by atoms with Gasteiger partial charge in [0, 0.05) is 0 Å². The van der Waals surface area contributed by atoms with Gasteiger partial charge >= 0.3 is 12.3 Å². The van der Waals surface area contributed by atoms with Crippen molar-refractivity contribution in [2.24, 2.45) is 0 Å². The number of rotatable bonds is 5. The van der Waals surface area contributed by atoms with Gasteiger partial charge in [0.05, 0.1) is 13.7 Å². The Labute approximate surface area is 92.9 Å². The topological polar surface area (TPSA) is 44.8 Å². The van der Waals surface area contributed by atoms with E-state index >= 15 is 0 Å². The first kappa shape index (κ1) is 12.3. The van der Waals surface area contributed by atoms with Gasteiger partial charge in [-0.3, -0.25) is 0 Å². The van der Waals surface area contributed by atoms with Crippen LogP contribution in [0.3, 0.4) is 0 Å². The molecule has 0 saturated carbocycles. The molecule has 1 unspecified atom stereocenters. The van der Waals surface area contributed by atoms with E-state index in [1.165, 1.54) is 19.2 Å². The number of hydrogen-bond acceptors (Lipinski definition) is 4. The zero-order chi connectivity index (χ0) is 12.0. The minimum Gasteiger partial charge on any atom is -0.497 e. The summed E-state index contributed by atoms with van der Waals surface area (Å²) in [4.78, 5) is 10.9. The fraction of sp³-hybridized carbons (Fsp3) is 0.364. The predicted molar refractivity (Wildman–Crippen MR) is 55.2 cm³/mol. The maximum atomic E-state index is 13.1. The van der Waals surface area contributed by atoms with Crippen molar-refractivity contribution in [2.75, 3.05) is 13.7 Å². The molecule has 1 aromatic carbocycles. The number of alkyl halides is 1. The lowest BCUT2D eigenvalue weighted by molar-refractivity contribution is -0.159. The van der Waals surface area contributed by atoms with Crippen LogP contribution in [-0.2, 0) is 9.53 Å². The van der Waals surface area contributed by atoms with Crippen molar-refractivity contribution < 1.29 is 23.4 Å². The second-order valence-corrected chi connectivity index (χ2v) is 2.86. The number of carbonyl (C=O) groups is 1. The molecule has 5 heteroatoms. The molecule has 88 valence electrons. The van der Waals surface area contributed by atoms with E-state index in [0.717, 1.165) is 0 Å². The summed E-state index contributed by atoms with van der Waals surface area (Å²) >= 11 is 0. The summed E-state index contributed by atoms with van der Waals surface area (Å²) in [5, 5.41) is 0. The molecule has 0 heterocycles. The first-order valence-electron chi connectivity index (χ1n) is 4.78. The van der Waals surface area contributed by atoms with Crippen LogP contribution in [0.25, 0.3) is 0 Å². The standard InChI is InChI=1S/C11H13FO4/c1-3-15-11(13)10(12)16-9-6-4-8(14-2)5-7-9/h4-7,10H,3H2,1-2H3. The molecule has 16 heavy (non-hydrogen) atoms. The van der Waals surface area contributed by atoms with Crippen LogP contribution in [0.5, 0.6) is 11.5 Å². The zero-order valence-electron chi connectivity index (χ0n) is 9.10. The summed E-state index contributed by atoms with van der Waals surface area (Å²) < 4.78 is 27.2. The molecule has 0 spiro atoms. The van der Waals surface area contributed by atoms with Crippen molar-refractivity contribution >= 4 is 5.97 Å². The Hall–Kier alpha value is -1.78. The Kier molecular flexibility index (Phi) is 4.57. The third-order valence-electron chi connectivity index (χ3n) is 1.77. The van der Waals surface area contributed by atoms with Crippen LogP contribution in [0.1, 0.15) is 6.92 Å². The monoisotopic (exact) mass is 228 g/mol. The maximum absolute atomic E-state index is 13.1. The van der Waals surface area contributed by atoms with E-state index < -0.39 is 12.3 Å². The minimum absolute atomic E-state index is 0.116. The molecule has 1 aromatic rings. The number of methoxy groups -OCH3 is 1. The number of carbonyl (C=O) groups excluding carboxylic acids is 1. The van der Waals surface area contributed by atoms with E-state index in [9.17, 15) is 9.18 Å². The molecule has 0 amide bonds. The van der Waals surface area contributed by atoms with E-state index in [1.54, 1.807) is 19.1 Å². The highest BCUT2D eigenvalue weighted by Gasteiger charge is 2.20. The maximum Gasteiger partial charge on any atom is 0.381 e. The van der Waals surface area contributed by atoms with Crippen LogP contribution >= 0.6 is 0 Å². The second-order valence-electron chi connectivity index (χ2n) is 2.86. The fourth-order valence-electron chi connectivity index (χ4n) is 1.03. The minimum atomic E-state index is -2.10. The van der Waals surface area contributed by atoms with Gasteiger partial charge in [0.15, 0.2) is 0 Å². The van der Waals surface area contributed by atoms with E-state index in [1.807, 2.05) is 0 Å². The van der Waals surface area contributed by atoms with Gasteiger partial charge in [0.2, 0.25) is 0 Å². The third kappa shape index (κ3) is 3.42. The molecule has 0 aliphatic rings. The summed E-state index contributed by atoms with van der Waals surface area (Å²) in [6.07, 6.45) is -2.10. The average Bonchev–Trinajstić information content (AvgIpc) is 2.30. The van der Waals surface area contributed by atoms with Crippen molar-refractivity contribution in [1.29, 1.82) is 0 Å². The zero-order valence-corrected chi connectivity index (χ0v) is 9.10. The van der Waals surface area contributed by atoms with Crippen molar-refractivity contribution in [2.45, 2.75) is 13.3 Å². The van der Waals surface area contributed by atoms with Crippen molar-refractivity contribution in [3.63, 3.8) is 0 Å². The van der Waals surface area contributed by atoms with Gasteiger partial charge in [0.25, 0.3) is 0 Å². The molecular formula is C11H13FO4. The molecule has 0 bridgehead atoms. The number of hydrogen-bond donors (Lipinski definition) is 0. The lowest BCUT2D eigenvalue weighted by Crippen LogP contribution is -2.24. The van der Waals surface area contributed by atoms with Gasteiger partial charge in [-0.2, -0.15) is 4.39 Å². The van der Waals surface area contributed by atoms with Gasteiger partial charge in [-0.05, 0) is 31.2 Å². The molecule has 1 rings (SSSR count). The van der Waals surface area contributed by atoms with Crippen molar-refractivity contribution in [3.8, 4) is 11.5 Å². The Bertz CT molecular complexity index is 336. The summed E-state index contributed by atoms with van der Waals surface area (Å²) in [5.74, 6) is -0.168. The SMILES string of the molecule is CCOC(=O)C(F)Oc1ccc(OC)cc1. The normalized spacial score (nSPS) is 11.7. The van der Waals surface area contributed by atoms with Crippen LogP contribution in [-0.4, -0.2) is 26.0 Å². The Balaban J connectivity index is 2.55. The largest absolute Gasteiger partial charge is 0.497 e. The molecule has 0 N–H and O–H groups in total. The summed E-state index contributed by atoms with van der Waals surface area (Å²) in [6.45, 7) is 1.71. The summed E-state index contributed by atoms with van der Waals surface area (Å²) in [6, 6.07) is 6.22. The average molecular weight is 228 g/mol. The number of esters is 1. The first-order chi connectivity index (χ1) is 7.67. The highest BCUT2D eigenvalue weighted by molar-refractivity contribution is 5.73. The Morgan fingerprint density at radius 3 is 2.38 bits per heavy atom. The van der Waals surface area contributed by atoms with Crippen molar-refractivity contribution in [1.82, 2.24) is 0 Å². The highest BCUT2D eigenvalue weighted by atomic mass is 19.1. The summed E-state index contributed by atoms with van der Waals surface area (Å²) in [5.41, 5.74) is 0. The molecule has 0 fully saturated rings. The van der Waals surface area contributed by atoms with Gasteiger partial charge in [0.1, 0.15) is 11.5 Å². The lowest BCUT2D eigenvalue weighted by Gasteiger charge is -2.10. The van der Waals surface area contributed by atoms with Gasteiger partial charge in [-0.1, -0.05) is 0 Å². The molecule has 0 aromatic heterocycles. The van der Waals surface area contributed by atoms with Crippen molar-refractivity contribution in [3.05, 3.63) is 24.3 Å². The number of benzene rings is 1. The predicted octanol–water partition coefficient (Wildman–Crippen LogP) is 1.93. The molecule has 0 aliphatic carbocycles. The van der Waals surface area contributed by atoms with Crippen LogP contribution in [0.2, 0.25) is 0 Å². The first-order valence-corrected chi connectivity index (χ1v) is 4.78. The van der Waals surface area contributed by atoms with Crippen LogP contribution < -0.4 is 9.47 Å². The van der Waals surface area contributed by atoms with E-state index in [2.05, 4.69) is 4.74 Å². The van der Waals surface area contributed by atoms with Crippen LogP contribution in [0.15, 0.2) is 24.3 Å². The quantitative estimate of drug-likeness (QED) is 0.722. The fourth-order valence-corrected chi connectivity index (χ4v) is 1.03. The molecule has 0 saturated heterocycles. The molecule has 1 atom stereocenters. The third-order valence-corrected chi connectivity index (χ3v) is 1.77. The second kappa shape index (κ2) is 5.95. The van der Waals surface area contributed by atoms with Crippen LogP contribution in [0, 0.1) is 0 Å². The Morgan fingerprint density at radius 2 is 1.88 bits per heavy atom. The van der Waals surface area contributed by atoms with Crippen LogP contribution in [0.4, 0.5) is 4.39 Å². The molecule has 0 radical (unpaired) electrons. The van der Waals surface area contributed by atoms with E-state index in [4.69, 9.17) is 9.47 Å². The van der Waals surface area contributed by atoms with Gasteiger partial charge in [-0.15, -0.1) is 0 Å². The summed E-state index contributed by atoms with van der Waals surface area (Å²) in [7, 11) is 1.52.